The number of hydrogen-bond acceptors (Lipinski definition) is 5. The van der Waals surface area contributed by atoms with E-state index in [-0.39, 0.29) is 17.8 Å². The number of carbonyl (C=O) groups is 1. The Labute approximate surface area is 185 Å². The molecular weight excluding hydrogens is 411 g/mol. The number of benzene rings is 1. The van der Waals surface area contributed by atoms with Crippen LogP contribution in [-0.2, 0) is 16.6 Å². The number of nitrogens with zero attached hydrogens (tertiary/aromatic N) is 4. The lowest BCUT2D eigenvalue weighted by Gasteiger charge is -2.27. The predicted octanol–water partition coefficient (Wildman–Crippen LogP) is 3.59. The van der Waals surface area contributed by atoms with E-state index in [4.69, 9.17) is 9.84 Å². The van der Waals surface area contributed by atoms with Crippen LogP contribution in [0.25, 0.3) is 17.3 Å². The number of amides is 1. The lowest BCUT2D eigenvalue weighted by Crippen LogP contribution is -2.26. The fourth-order valence-corrected chi connectivity index (χ4v) is 4.53. The third-order valence-corrected chi connectivity index (χ3v) is 5.92. The van der Waals surface area contributed by atoms with E-state index in [1.54, 1.807) is 18.3 Å². The second-order valence-corrected chi connectivity index (χ2v) is 8.17. The van der Waals surface area contributed by atoms with Gasteiger partial charge in [0.15, 0.2) is 11.6 Å². The Hall–Kier alpha value is -3.46. The van der Waals surface area contributed by atoms with Crippen molar-refractivity contribution in [2.24, 2.45) is 7.05 Å². The van der Waals surface area contributed by atoms with Crippen LogP contribution in [0.5, 0.6) is 0 Å². The largest absolute Gasteiger partial charge is 0.381 e. The normalized spacial score (nSPS) is 18.3. The van der Waals surface area contributed by atoms with E-state index in [9.17, 15) is 9.18 Å². The zero-order valence-electron chi connectivity index (χ0n) is 18.0. The highest BCUT2D eigenvalue weighted by Gasteiger charge is 2.31. The van der Waals surface area contributed by atoms with Gasteiger partial charge in [0.1, 0.15) is 5.82 Å². The van der Waals surface area contributed by atoms with Gasteiger partial charge in [-0.15, -0.1) is 0 Å². The summed E-state index contributed by atoms with van der Waals surface area (Å²) in [6.07, 6.45) is 7.59. The van der Waals surface area contributed by atoms with Crippen molar-refractivity contribution in [1.29, 1.82) is 0 Å². The Kier molecular flexibility index (Phi) is 5.26. The zero-order chi connectivity index (χ0) is 22.2. The van der Waals surface area contributed by atoms with E-state index >= 15 is 0 Å². The van der Waals surface area contributed by atoms with Gasteiger partial charge in [0.2, 0.25) is 5.91 Å². The average molecular weight is 436 g/mol. The molecule has 32 heavy (non-hydrogen) atoms. The SMILES string of the molecule is CC(=O)Nc1cn2c(n1)C=CC(c1c(-c3ccc(F)cc3)nn(C)c1C1CCOCC1)N2. The Bertz CT molecular complexity index is 1170. The summed E-state index contributed by atoms with van der Waals surface area (Å²) in [6.45, 7) is 2.90. The van der Waals surface area contributed by atoms with Gasteiger partial charge >= 0.3 is 0 Å². The molecule has 2 aliphatic rings. The molecule has 1 aromatic carbocycles. The van der Waals surface area contributed by atoms with Crippen LogP contribution in [-0.4, -0.2) is 38.6 Å². The van der Waals surface area contributed by atoms with Crippen molar-refractivity contribution >= 4 is 17.8 Å². The highest BCUT2D eigenvalue weighted by molar-refractivity contribution is 5.87. The average Bonchev–Trinajstić information content (AvgIpc) is 3.33. The first-order valence-electron chi connectivity index (χ1n) is 10.7. The summed E-state index contributed by atoms with van der Waals surface area (Å²) >= 11 is 0. The van der Waals surface area contributed by atoms with Gasteiger partial charge < -0.3 is 15.5 Å². The van der Waals surface area contributed by atoms with Gasteiger partial charge in [-0.25, -0.2) is 14.1 Å². The second-order valence-electron chi connectivity index (χ2n) is 8.17. The molecule has 1 atom stereocenters. The standard InChI is InChI=1S/C23H25FN6O2/c1-14(31)25-19-13-30-20(26-19)8-7-18(27-30)21-22(15-3-5-17(24)6-4-15)28-29(2)23(21)16-9-11-32-12-10-16/h3-8,13,16,18,27H,9-12H2,1-2H3,(H,25,31). The van der Waals surface area contributed by atoms with Crippen LogP contribution in [0.1, 0.15) is 48.8 Å². The van der Waals surface area contributed by atoms with Crippen LogP contribution in [0.15, 0.2) is 36.5 Å². The first-order chi connectivity index (χ1) is 15.5. The van der Waals surface area contributed by atoms with Crippen LogP contribution in [0.4, 0.5) is 10.2 Å². The number of rotatable bonds is 4. The highest BCUT2D eigenvalue weighted by Crippen LogP contribution is 2.39. The molecule has 4 heterocycles. The third-order valence-electron chi connectivity index (χ3n) is 5.92. The van der Waals surface area contributed by atoms with Gasteiger partial charge in [-0.1, -0.05) is 6.08 Å². The molecule has 8 nitrogen and oxygen atoms in total. The molecular formula is C23H25FN6O2. The number of ether oxygens (including phenoxy) is 1. The maximum Gasteiger partial charge on any atom is 0.222 e. The van der Waals surface area contributed by atoms with Crippen LogP contribution in [0.2, 0.25) is 0 Å². The quantitative estimate of drug-likeness (QED) is 0.653. The molecule has 166 valence electrons. The summed E-state index contributed by atoms with van der Waals surface area (Å²) in [5.41, 5.74) is 7.37. The van der Waals surface area contributed by atoms with E-state index in [2.05, 4.69) is 15.7 Å². The molecule has 0 radical (unpaired) electrons. The van der Waals surface area contributed by atoms with Crippen LogP contribution in [0, 0.1) is 5.82 Å². The summed E-state index contributed by atoms with van der Waals surface area (Å²) in [6, 6.07) is 6.27. The number of hydrogen-bond donors (Lipinski definition) is 2. The fraction of sp³-hybridized carbons (Fsp3) is 0.348. The molecule has 0 aliphatic carbocycles. The summed E-state index contributed by atoms with van der Waals surface area (Å²) in [7, 11) is 1.96. The summed E-state index contributed by atoms with van der Waals surface area (Å²) in [5, 5.41) is 7.57. The van der Waals surface area contributed by atoms with Crippen LogP contribution >= 0.6 is 0 Å². The molecule has 3 aromatic rings. The van der Waals surface area contributed by atoms with Gasteiger partial charge in [0.25, 0.3) is 0 Å². The smallest absolute Gasteiger partial charge is 0.222 e. The molecule has 5 rings (SSSR count). The Morgan fingerprint density at radius 3 is 2.72 bits per heavy atom. The number of aryl methyl sites for hydroxylation is 1. The molecule has 1 fully saturated rings. The van der Waals surface area contributed by atoms with E-state index in [0.717, 1.165) is 48.6 Å². The number of imidazole rings is 1. The second kappa shape index (κ2) is 8.23. The predicted molar refractivity (Wildman–Crippen MR) is 119 cm³/mol. The number of anilines is 1. The van der Waals surface area contributed by atoms with Gasteiger partial charge in [-0.05, 0) is 43.2 Å². The molecule has 0 spiro atoms. The summed E-state index contributed by atoms with van der Waals surface area (Å²) < 4.78 is 22.9. The van der Waals surface area contributed by atoms with Crippen molar-refractivity contribution in [3.8, 4) is 11.3 Å². The van der Waals surface area contributed by atoms with E-state index < -0.39 is 0 Å². The van der Waals surface area contributed by atoms with Crippen molar-refractivity contribution < 1.29 is 13.9 Å². The number of carbonyl (C=O) groups excluding carboxylic acids is 1. The molecule has 0 saturated carbocycles. The third kappa shape index (κ3) is 3.80. The molecule has 2 aromatic heterocycles. The minimum atomic E-state index is -0.278. The summed E-state index contributed by atoms with van der Waals surface area (Å²) in [4.78, 5) is 15.8. The monoisotopic (exact) mass is 436 g/mol. The molecule has 1 amide bonds. The first kappa shape index (κ1) is 20.4. The topological polar surface area (TPSA) is 86.0 Å². The fourth-order valence-electron chi connectivity index (χ4n) is 4.53. The van der Waals surface area contributed by atoms with Gasteiger partial charge in [-0.2, -0.15) is 5.10 Å². The van der Waals surface area contributed by atoms with E-state index in [0.29, 0.717) is 17.6 Å². The minimum absolute atomic E-state index is 0.173. The maximum absolute atomic E-state index is 13.6. The minimum Gasteiger partial charge on any atom is -0.381 e. The number of aromatic nitrogens is 4. The molecule has 2 aliphatic heterocycles. The van der Waals surface area contributed by atoms with Crippen molar-refractivity contribution in [3.63, 3.8) is 0 Å². The highest BCUT2D eigenvalue weighted by atomic mass is 19.1. The van der Waals surface area contributed by atoms with Crippen LogP contribution < -0.4 is 10.7 Å². The van der Waals surface area contributed by atoms with E-state index in [1.807, 2.05) is 28.6 Å². The Morgan fingerprint density at radius 1 is 1.25 bits per heavy atom. The molecule has 0 bridgehead atoms. The van der Waals surface area contributed by atoms with Gasteiger partial charge in [0.05, 0.1) is 17.9 Å². The van der Waals surface area contributed by atoms with Crippen molar-refractivity contribution in [1.82, 2.24) is 19.4 Å². The van der Waals surface area contributed by atoms with Crippen molar-refractivity contribution in [2.45, 2.75) is 31.7 Å². The van der Waals surface area contributed by atoms with Gasteiger partial charge in [0, 0.05) is 49.9 Å². The van der Waals surface area contributed by atoms with Crippen LogP contribution in [0.3, 0.4) is 0 Å². The van der Waals surface area contributed by atoms with E-state index in [1.165, 1.54) is 19.1 Å². The lowest BCUT2D eigenvalue weighted by atomic mass is 9.88. The van der Waals surface area contributed by atoms with Crippen molar-refractivity contribution in [2.75, 3.05) is 24.0 Å². The van der Waals surface area contributed by atoms with Gasteiger partial charge in [-0.3, -0.25) is 9.48 Å². The first-order valence-corrected chi connectivity index (χ1v) is 10.7. The summed E-state index contributed by atoms with van der Waals surface area (Å²) in [5.74, 6) is 1.05. The molecule has 2 N–H and O–H groups in total. The number of fused-ring (bicyclic) bond motifs is 1. The number of halogens is 1. The zero-order valence-corrected chi connectivity index (χ0v) is 18.0. The number of nitrogens with one attached hydrogen (secondary N) is 2. The Balaban J connectivity index is 1.57. The molecule has 1 unspecified atom stereocenters. The van der Waals surface area contributed by atoms with Crippen molar-refractivity contribution in [3.05, 3.63) is 59.4 Å². The molecule has 1 saturated heterocycles. The lowest BCUT2D eigenvalue weighted by molar-refractivity contribution is -0.114. The molecule has 9 heteroatoms. The Morgan fingerprint density at radius 2 is 2.00 bits per heavy atom. The maximum atomic E-state index is 13.6.